The highest BCUT2D eigenvalue weighted by Gasteiger charge is 2.18. The maximum atomic E-state index is 9.80. The molecule has 292 valence electrons. The lowest BCUT2D eigenvalue weighted by Gasteiger charge is -2.13. The van der Waals surface area contributed by atoms with E-state index >= 15 is 0 Å². The molecule has 5 heteroatoms. The molecule has 0 saturated heterocycles. The molecule has 0 saturated carbocycles. The van der Waals surface area contributed by atoms with Gasteiger partial charge in [0.2, 0.25) is 0 Å². The molecule has 0 fully saturated rings. The Morgan fingerprint density at radius 1 is 0.317 bits per heavy atom. The third-order valence-corrected chi connectivity index (χ3v) is 12.2. The Hall–Kier alpha value is -8.72. The van der Waals surface area contributed by atoms with Crippen molar-refractivity contribution in [2.75, 3.05) is 0 Å². The fourth-order valence-electron chi connectivity index (χ4n) is 9.12. The molecule has 63 heavy (non-hydrogen) atoms. The van der Waals surface area contributed by atoms with Gasteiger partial charge < -0.3 is 4.42 Å². The molecule has 0 N–H and O–H groups in total. The van der Waals surface area contributed by atoms with Gasteiger partial charge in [-0.3, -0.25) is 0 Å². The predicted molar refractivity (Wildman–Crippen MR) is 257 cm³/mol. The number of benzene rings is 10. The molecule has 0 amide bonds. The molecular formula is C58H34N4O. The van der Waals surface area contributed by atoms with Crippen LogP contribution in [0.15, 0.2) is 211 Å². The van der Waals surface area contributed by atoms with Crippen LogP contribution >= 0.6 is 0 Å². The van der Waals surface area contributed by atoms with Gasteiger partial charge >= 0.3 is 0 Å². The third kappa shape index (κ3) is 6.20. The summed E-state index contributed by atoms with van der Waals surface area (Å²) < 4.78 is 6.60. The van der Waals surface area contributed by atoms with E-state index < -0.39 is 0 Å². The van der Waals surface area contributed by atoms with Crippen molar-refractivity contribution in [1.82, 2.24) is 15.0 Å². The molecule has 0 spiro atoms. The summed E-state index contributed by atoms with van der Waals surface area (Å²) in [7, 11) is 0. The first-order valence-electron chi connectivity index (χ1n) is 21.0. The van der Waals surface area contributed by atoms with Crippen molar-refractivity contribution in [2.45, 2.75) is 0 Å². The largest absolute Gasteiger partial charge is 0.456 e. The molecular weight excluding hydrogens is 769 g/mol. The predicted octanol–water partition coefficient (Wildman–Crippen LogP) is 15.1. The molecule has 2 heterocycles. The Kier molecular flexibility index (Phi) is 8.48. The zero-order chi connectivity index (χ0) is 41.9. The van der Waals surface area contributed by atoms with Crippen molar-refractivity contribution in [3.8, 4) is 73.6 Å². The van der Waals surface area contributed by atoms with Gasteiger partial charge in [-0.15, -0.1) is 0 Å². The van der Waals surface area contributed by atoms with Gasteiger partial charge in [0, 0.05) is 27.5 Å². The molecule has 0 aliphatic heterocycles. The van der Waals surface area contributed by atoms with Crippen LogP contribution in [0.25, 0.3) is 122 Å². The van der Waals surface area contributed by atoms with E-state index in [2.05, 4.69) is 146 Å². The first-order chi connectivity index (χ1) is 31.2. The molecule has 0 aliphatic carbocycles. The van der Waals surface area contributed by atoms with Gasteiger partial charge in [0.1, 0.15) is 11.2 Å². The number of rotatable bonds is 6. The van der Waals surface area contributed by atoms with E-state index in [0.717, 1.165) is 66.3 Å². The zero-order valence-electron chi connectivity index (χ0n) is 33.8. The van der Waals surface area contributed by atoms with Gasteiger partial charge in [-0.2, -0.15) is 5.26 Å². The van der Waals surface area contributed by atoms with Gasteiger partial charge in [0.15, 0.2) is 17.5 Å². The van der Waals surface area contributed by atoms with Crippen molar-refractivity contribution in [2.24, 2.45) is 0 Å². The minimum absolute atomic E-state index is 0.538. The molecule has 10 aromatic carbocycles. The molecule has 0 radical (unpaired) electrons. The Labute approximate surface area is 362 Å². The smallest absolute Gasteiger partial charge is 0.164 e. The quantitative estimate of drug-likeness (QED) is 0.157. The van der Waals surface area contributed by atoms with Crippen molar-refractivity contribution in [1.29, 1.82) is 5.26 Å². The first-order valence-corrected chi connectivity index (χ1v) is 21.0. The van der Waals surface area contributed by atoms with Crippen LogP contribution in [0.1, 0.15) is 5.56 Å². The van der Waals surface area contributed by atoms with E-state index in [4.69, 9.17) is 19.4 Å². The Morgan fingerprint density at radius 3 is 1.44 bits per heavy atom. The van der Waals surface area contributed by atoms with Crippen LogP contribution in [-0.4, -0.2) is 15.0 Å². The molecule has 12 aromatic rings. The number of fused-ring (bicyclic) bond motifs is 9. The zero-order valence-corrected chi connectivity index (χ0v) is 33.8. The maximum Gasteiger partial charge on any atom is 0.164 e. The average Bonchev–Trinajstić information content (AvgIpc) is 3.75. The minimum atomic E-state index is 0.538. The van der Waals surface area contributed by atoms with E-state index in [1.165, 1.54) is 38.1 Å². The molecule has 0 aliphatic rings. The number of nitrogens with zero attached hydrogens (tertiary/aromatic N) is 4. The lowest BCUT2D eigenvalue weighted by molar-refractivity contribution is 0.669. The second kappa shape index (κ2) is 14.8. The standard InChI is InChI=1S/C58H34N4O/c59-35-43-13-4-5-14-44(43)38-25-27-40(28-26-38)56-60-57(41-29-31-50-48-17-7-6-15-46(48)47-16-8-9-18-49(47)52(50)33-41)62-58(61-56)42-30-32-51-54(34-42)63-53-20-10-19-45(55(51)53)39-23-21-37(22-24-39)36-11-2-1-3-12-36/h1-34H. The van der Waals surface area contributed by atoms with Crippen molar-refractivity contribution < 1.29 is 4.42 Å². The van der Waals surface area contributed by atoms with Crippen LogP contribution in [0.4, 0.5) is 0 Å². The second-order valence-electron chi connectivity index (χ2n) is 15.8. The normalized spacial score (nSPS) is 11.5. The summed E-state index contributed by atoms with van der Waals surface area (Å²) in [4.78, 5) is 15.5. The summed E-state index contributed by atoms with van der Waals surface area (Å²) in [5.41, 5.74) is 11.2. The van der Waals surface area contributed by atoms with Gasteiger partial charge in [0.05, 0.1) is 11.6 Å². The monoisotopic (exact) mass is 802 g/mol. The Bertz CT molecular complexity index is 3750. The Morgan fingerprint density at radius 2 is 0.778 bits per heavy atom. The van der Waals surface area contributed by atoms with Crippen LogP contribution in [-0.2, 0) is 0 Å². The molecule has 0 unspecified atom stereocenters. The summed E-state index contributed by atoms with van der Waals surface area (Å²) in [5.74, 6) is 1.65. The second-order valence-corrected chi connectivity index (χ2v) is 15.8. The van der Waals surface area contributed by atoms with Gasteiger partial charge in [0.25, 0.3) is 0 Å². The maximum absolute atomic E-state index is 9.80. The summed E-state index contributed by atoms with van der Waals surface area (Å²) in [6.45, 7) is 0. The van der Waals surface area contributed by atoms with E-state index in [1.54, 1.807) is 0 Å². The average molecular weight is 803 g/mol. The van der Waals surface area contributed by atoms with Crippen LogP contribution in [0.3, 0.4) is 0 Å². The number of hydrogen-bond donors (Lipinski definition) is 0. The summed E-state index contributed by atoms with van der Waals surface area (Å²) >= 11 is 0. The minimum Gasteiger partial charge on any atom is -0.456 e. The fraction of sp³-hybridized carbons (Fsp3) is 0. The SMILES string of the molecule is N#Cc1ccccc1-c1ccc(-c2nc(-c3ccc4c(c3)oc3cccc(-c5ccc(-c6ccccc6)cc5)c34)nc(-c3ccc4c5ccccc5c5ccccc5c4c3)n2)cc1. The van der Waals surface area contributed by atoms with E-state index in [9.17, 15) is 5.26 Å². The molecule has 12 rings (SSSR count). The lowest BCUT2D eigenvalue weighted by Crippen LogP contribution is -2.00. The molecule has 0 bridgehead atoms. The van der Waals surface area contributed by atoms with E-state index in [1.807, 2.05) is 66.7 Å². The van der Waals surface area contributed by atoms with Gasteiger partial charge in [-0.05, 0) is 96.0 Å². The lowest BCUT2D eigenvalue weighted by atomic mass is 9.93. The van der Waals surface area contributed by atoms with Crippen LogP contribution in [0.2, 0.25) is 0 Å². The highest BCUT2D eigenvalue weighted by atomic mass is 16.3. The van der Waals surface area contributed by atoms with Crippen LogP contribution in [0, 0.1) is 11.3 Å². The van der Waals surface area contributed by atoms with E-state index in [-0.39, 0.29) is 0 Å². The molecule has 5 nitrogen and oxygen atoms in total. The number of furan rings is 1. The van der Waals surface area contributed by atoms with Crippen LogP contribution < -0.4 is 0 Å². The van der Waals surface area contributed by atoms with Crippen molar-refractivity contribution in [3.05, 3.63) is 212 Å². The summed E-state index contributed by atoms with van der Waals surface area (Å²) in [6.07, 6.45) is 0. The topological polar surface area (TPSA) is 75.6 Å². The molecule has 0 atom stereocenters. The third-order valence-electron chi connectivity index (χ3n) is 12.2. The number of aromatic nitrogens is 3. The Balaban J connectivity index is 1.00. The number of hydrogen-bond acceptors (Lipinski definition) is 5. The van der Waals surface area contributed by atoms with E-state index in [0.29, 0.717) is 23.0 Å². The highest BCUT2D eigenvalue weighted by molar-refractivity contribution is 6.25. The van der Waals surface area contributed by atoms with Gasteiger partial charge in [-0.25, -0.2) is 15.0 Å². The fourth-order valence-corrected chi connectivity index (χ4v) is 9.12. The van der Waals surface area contributed by atoms with Crippen molar-refractivity contribution in [3.63, 3.8) is 0 Å². The summed E-state index contributed by atoms with van der Waals surface area (Å²) in [6, 6.07) is 73.4. The molecule has 2 aromatic heterocycles. The van der Waals surface area contributed by atoms with Crippen molar-refractivity contribution >= 4 is 54.3 Å². The first kappa shape index (κ1) is 36.2. The highest BCUT2D eigenvalue weighted by Crippen LogP contribution is 2.40. The van der Waals surface area contributed by atoms with Gasteiger partial charge in [-0.1, -0.05) is 176 Å². The summed E-state index contributed by atoms with van der Waals surface area (Å²) in [5, 5.41) is 19.0. The van der Waals surface area contributed by atoms with Crippen LogP contribution in [0.5, 0.6) is 0 Å². The number of nitriles is 1.